The average Bonchev–Trinajstić information content (AvgIpc) is 3.09. The minimum Gasteiger partial charge on any atom is -0.361 e. The second-order valence-corrected chi connectivity index (χ2v) is 6.76. The molecule has 0 saturated heterocycles. The molecule has 0 radical (unpaired) electrons. The number of rotatable bonds is 0. The second kappa shape index (κ2) is 4.09. The smallest absolute Gasteiger partial charge is 0.108 e. The van der Waals surface area contributed by atoms with Crippen LogP contribution in [0.5, 0.6) is 0 Å². The second-order valence-electron chi connectivity index (χ2n) is 6.76. The van der Waals surface area contributed by atoms with E-state index in [0.717, 1.165) is 25.7 Å². The van der Waals surface area contributed by atoms with Crippen molar-refractivity contribution in [1.29, 1.82) is 0 Å². The van der Waals surface area contributed by atoms with Gasteiger partial charge < -0.3 is 21.3 Å². The number of nitrogens with one attached hydrogen (secondary N) is 4. The van der Waals surface area contributed by atoms with Crippen molar-refractivity contribution in [2.75, 3.05) is 21.3 Å². The van der Waals surface area contributed by atoms with Gasteiger partial charge in [-0.2, -0.15) is 0 Å². The summed E-state index contributed by atoms with van der Waals surface area (Å²) < 4.78 is 0. The van der Waals surface area contributed by atoms with Crippen LogP contribution in [0, 0.1) is 0 Å². The lowest BCUT2D eigenvalue weighted by Gasteiger charge is -2.44. The summed E-state index contributed by atoms with van der Waals surface area (Å²) in [6, 6.07) is 17.0. The normalized spacial score (nSPS) is 22.2. The number of fused-ring (bicyclic) bond motifs is 2. The molecule has 3 aliphatic rings. The SMILES string of the molecule is c1ccc2c(c1)NC1(CCC3(CC1)Nc1ccccc1N3)N2. The standard InChI is InChI=1S/C18H20N4/c1-2-6-14-13(5-1)19-17(20-14)9-11-18(12-10-17)21-15-7-3-4-8-16(15)22-18/h1-8,19-22H,9-12H2. The fraction of sp³-hybridized carbons (Fsp3) is 0.333. The van der Waals surface area contributed by atoms with Gasteiger partial charge in [-0.3, -0.25) is 0 Å². The lowest BCUT2D eigenvalue weighted by atomic mass is 9.82. The fourth-order valence-electron chi connectivity index (χ4n) is 4.10. The van der Waals surface area contributed by atoms with E-state index in [1.54, 1.807) is 0 Å². The maximum Gasteiger partial charge on any atom is 0.108 e. The summed E-state index contributed by atoms with van der Waals surface area (Å²) in [4.78, 5) is 0. The molecule has 1 saturated carbocycles. The van der Waals surface area contributed by atoms with Gasteiger partial charge in [0.1, 0.15) is 11.3 Å². The molecule has 4 heteroatoms. The zero-order valence-electron chi connectivity index (χ0n) is 12.4. The van der Waals surface area contributed by atoms with Crippen molar-refractivity contribution in [3.63, 3.8) is 0 Å². The Morgan fingerprint density at radius 2 is 0.773 bits per heavy atom. The number of hydrogen-bond donors (Lipinski definition) is 4. The van der Waals surface area contributed by atoms with E-state index in [4.69, 9.17) is 0 Å². The van der Waals surface area contributed by atoms with E-state index >= 15 is 0 Å². The van der Waals surface area contributed by atoms with Crippen molar-refractivity contribution in [1.82, 2.24) is 0 Å². The average molecular weight is 292 g/mol. The third-order valence-corrected chi connectivity index (χ3v) is 5.31. The summed E-state index contributed by atoms with van der Waals surface area (Å²) in [5.41, 5.74) is 4.96. The van der Waals surface area contributed by atoms with E-state index in [2.05, 4.69) is 69.8 Å². The van der Waals surface area contributed by atoms with Crippen LogP contribution in [0.15, 0.2) is 48.5 Å². The topological polar surface area (TPSA) is 48.1 Å². The van der Waals surface area contributed by atoms with Crippen molar-refractivity contribution in [3.8, 4) is 0 Å². The third-order valence-electron chi connectivity index (χ3n) is 5.31. The Morgan fingerprint density at radius 3 is 1.05 bits per heavy atom. The monoisotopic (exact) mass is 292 g/mol. The van der Waals surface area contributed by atoms with E-state index < -0.39 is 0 Å². The lowest BCUT2D eigenvalue weighted by Crippen LogP contribution is -2.54. The molecule has 4 N–H and O–H groups in total. The predicted octanol–water partition coefficient (Wildman–Crippen LogP) is 4.03. The number of para-hydroxylation sites is 4. The van der Waals surface area contributed by atoms with E-state index in [9.17, 15) is 0 Å². The summed E-state index contributed by atoms with van der Waals surface area (Å²) >= 11 is 0. The maximum absolute atomic E-state index is 3.71. The van der Waals surface area contributed by atoms with E-state index in [-0.39, 0.29) is 11.3 Å². The van der Waals surface area contributed by atoms with Gasteiger partial charge in [-0.15, -0.1) is 0 Å². The van der Waals surface area contributed by atoms with Gasteiger partial charge in [0.25, 0.3) is 0 Å². The van der Waals surface area contributed by atoms with Gasteiger partial charge in [0, 0.05) is 0 Å². The van der Waals surface area contributed by atoms with Crippen LogP contribution in [0.3, 0.4) is 0 Å². The summed E-state index contributed by atoms with van der Waals surface area (Å²) in [6.07, 6.45) is 4.37. The van der Waals surface area contributed by atoms with Crippen LogP contribution in [0.25, 0.3) is 0 Å². The van der Waals surface area contributed by atoms with Crippen LogP contribution in [-0.4, -0.2) is 11.3 Å². The Kier molecular flexibility index (Phi) is 2.27. The molecule has 5 rings (SSSR count). The summed E-state index contributed by atoms with van der Waals surface area (Å²) in [5, 5.41) is 14.8. The van der Waals surface area contributed by atoms with Crippen molar-refractivity contribution in [3.05, 3.63) is 48.5 Å². The zero-order chi connectivity index (χ0) is 14.6. The molecule has 0 aromatic heterocycles. The van der Waals surface area contributed by atoms with Gasteiger partial charge >= 0.3 is 0 Å². The highest BCUT2D eigenvalue weighted by Crippen LogP contribution is 2.47. The zero-order valence-corrected chi connectivity index (χ0v) is 12.4. The highest BCUT2D eigenvalue weighted by Gasteiger charge is 2.47. The van der Waals surface area contributed by atoms with Gasteiger partial charge in [0.2, 0.25) is 0 Å². The molecule has 0 atom stereocenters. The summed E-state index contributed by atoms with van der Waals surface area (Å²) in [5.74, 6) is 0. The lowest BCUT2D eigenvalue weighted by molar-refractivity contribution is 0.286. The predicted molar refractivity (Wildman–Crippen MR) is 91.3 cm³/mol. The highest BCUT2D eigenvalue weighted by molar-refractivity contribution is 5.78. The molecular weight excluding hydrogens is 272 g/mol. The molecule has 2 spiro atoms. The third kappa shape index (κ3) is 1.70. The minimum atomic E-state index is 0.0209. The Labute approximate surface area is 130 Å². The van der Waals surface area contributed by atoms with Crippen LogP contribution >= 0.6 is 0 Å². The van der Waals surface area contributed by atoms with Crippen molar-refractivity contribution in [2.24, 2.45) is 0 Å². The molecule has 2 heterocycles. The van der Waals surface area contributed by atoms with Gasteiger partial charge in [-0.25, -0.2) is 0 Å². The molecule has 0 bridgehead atoms. The van der Waals surface area contributed by atoms with Gasteiger partial charge in [-0.1, -0.05) is 24.3 Å². The molecule has 2 aromatic carbocycles. The summed E-state index contributed by atoms with van der Waals surface area (Å²) in [7, 11) is 0. The fourth-order valence-corrected chi connectivity index (χ4v) is 4.10. The van der Waals surface area contributed by atoms with E-state index in [1.807, 2.05) is 0 Å². The molecular formula is C18H20N4. The van der Waals surface area contributed by atoms with Crippen LogP contribution < -0.4 is 21.3 Å². The number of hydrogen-bond acceptors (Lipinski definition) is 4. The molecule has 2 aromatic rings. The van der Waals surface area contributed by atoms with Gasteiger partial charge in [0.15, 0.2) is 0 Å². The quantitative estimate of drug-likeness (QED) is 0.592. The molecule has 4 nitrogen and oxygen atoms in total. The number of benzene rings is 2. The molecule has 2 aliphatic heterocycles. The number of anilines is 4. The first-order valence-corrected chi connectivity index (χ1v) is 8.07. The Bertz CT molecular complexity index is 614. The Balaban J connectivity index is 1.35. The van der Waals surface area contributed by atoms with Gasteiger partial charge in [-0.05, 0) is 49.9 Å². The first kappa shape index (κ1) is 12.2. The highest BCUT2D eigenvalue weighted by atomic mass is 15.3. The molecule has 1 fully saturated rings. The molecule has 112 valence electrons. The first-order valence-electron chi connectivity index (χ1n) is 8.07. The molecule has 22 heavy (non-hydrogen) atoms. The van der Waals surface area contributed by atoms with E-state index in [0.29, 0.717) is 0 Å². The maximum atomic E-state index is 3.71. The molecule has 1 aliphatic carbocycles. The van der Waals surface area contributed by atoms with Crippen molar-refractivity contribution in [2.45, 2.75) is 37.0 Å². The van der Waals surface area contributed by atoms with Crippen LogP contribution in [0.1, 0.15) is 25.7 Å². The Morgan fingerprint density at radius 1 is 0.500 bits per heavy atom. The first-order chi connectivity index (χ1) is 10.8. The van der Waals surface area contributed by atoms with E-state index in [1.165, 1.54) is 22.7 Å². The molecule has 0 unspecified atom stereocenters. The van der Waals surface area contributed by atoms with Crippen molar-refractivity contribution < 1.29 is 0 Å². The van der Waals surface area contributed by atoms with Crippen LogP contribution in [0.2, 0.25) is 0 Å². The van der Waals surface area contributed by atoms with Gasteiger partial charge in [0.05, 0.1) is 22.7 Å². The van der Waals surface area contributed by atoms with Crippen molar-refractivity contribution >= 4 is 22.7 Å². The Hall–Kier alpha value is -2.36. The summed E-state index contributed by atoms with van der Waals surface area (Å²) in [6.45, 7) is 0. The largest absolute Gasteiger partial charge is 0.361 e. The molecule has 0 amide bonds. The minimum absolute atomic E-state index is 0.0209. The van der Waals surface area contributed by atoms with Crippen LogP contribution in [-0.2, 0) is 0 Å². The van der Waals surface area contributed by atoms with Crippen LogP contribution in [0.4, 0.5) is 22.7 Å².